The number of rotatable bonds is 0. The molecule has 0 spiro atoms. The third kappa shape index (κ3) is 128. The van der Waals surface area contributed by atoms with Gasteiger partial charge in [0.25, 0.3) is 0 Å². The molecule has 0 amide bonds. The predicted molar refractivity (Wildman–Crippen MR) is 10.4 cm³/mol. The van der Waals surface area contributed by atoms with Crippen molar-refractivity contribution in [2.75, 3.05) is 0 Å². The first kappa shape index (κ1) is 9.07. The van der Waals surface area contributed by atoms with Gasteiger partial charge in [-0.2, -0.15) is 0 Å². The standard InChI is InChI=1S/Ho.NO3/c;2-1(3)4/q+3;-1. The summed E-state index contributed by atoms with van der Waals surface area (Å²) in [6.45, 7) is 0. The second-order valence-electron chi connectivity index (χ2n) is 0.224. The van der Waals surface area contributed by atoms with Gasteiger partial charge in [-0.1, -0.05) is 0 Å². The molecule has 4 nitrogen and oxygen atoms in total. The minimum absolute atomic E-state index is 0. The van der Waals surface area contributed by atoms with Crippen molar-refractivity contribution in [2.45, 2.75) is 0 Å². The average Bonchev–Trinajstić information content (AvgIpc) is 0.811. The fraction of sp³-hybridized carbons (Fsp3) is 0. The van der Waals surface area contributed by atoms with Crippen LogP contribution < -0.4 is 0 Å². The van der Waals surface area contributed by atoms with E-state index in [-0.39, 0.29) is 37.7 Å². The molecule has 0 aliphatic carbocycles. The fourth-order valence-electron chi connectivity index (χ4n) is 0. The molecule has 0 atom stereocenters. The summed E-state index contributed by atoms with van der Waals surface area (Å²) in [5, 5.41) is 14.8. The van der Waals surface area contributed by atoms with Crippen LogP contribution in [0.5, 0.6) is 0 Å². The molecule has 5 heavy (non-hydrogen) atoms. The number of hydrogen-bond acceptors (Lipinski definition) is 3. The summed E-state index contributed by atoms with van der Waals surface area (Å²) >= 11 is 0. The Kier molecular flexibility index (Phi) is 8.09. The van der Waals surface area contributed by atoms with Gasteiger partial charge >= 0.3 is 37.7 Å². The van der Waals surface area contributed by atoms with Crippen LogP contribution in [0.2, 0.25) is 0 Å². The zero-order chi connectivity index (χ0) is 3.58. The molecule has 0 aromatic carbocycles. The molecule has 0 aliphatic rings. The van der Waals surface area contributed by atoms with E-state index in [0.717, 1.165) is 0 Å². The minimum Gasteiger partial charge on any atom is -0.356 e. The Morgan fingerprint density at radius 1 is 1.40 bits per heavy atom. The first-order valence-electron chi connectivity index (χ1n) is 0.548. The molecule has 0 rings (SSSR count). The molecule has 5 heteroatoms. The summed E-state index contributed by atoms with van der Waals surface area (Å²) in [7, 11) is 0. The molecule has 0 fully saturated rings. The maximum atomic E-state index is 8.25. The van der Waals surface area contributed by atoms with Crippen LogP contribution in [-0.2, 0) is 0 Å². The summed E-state index contributed by atoms with van der Waals surface area (Å²) in [6, 6.07) is 0. The average molecular weight is 227 g/mol. The van der Waals surface area contributed by atoms with E-state index in [0.29, 0.717) is 0 Å². The largest absolute Gasteiger partial charge is 3.00 e. The van der Waals surface area contributed by atoms with E-state index in [1.165, 1.54) is 0 Å². The van der Waals surface area contributed by atoms with Crippen LogP contribution in [0.4, 0.5) is 0 Å². The molecular weight excluding hydrogens is 227 g/mol. The van der Waals surface area contributed by atoms with Crippen molar-refractivity contribution in [1.29, 1.82) is 0 Å². The molecule has 32 valence electrons. The van der Waals surface area contributed by atoms with Crippen LogP contribution in [0, 0.1) is 53.1 Å². The normalized spacial score (nSPS) is 4.80. The van der Waals surface area contributed by atoms with Crippen LogP contribution in [0.25, 0.3) is 0 Å². The SMILES string of the molecule is O=[N+]([O-])[O-].[Ho+3]. The van der Waals surface area contributed by atoms with Gasteiger partial charge in [-0.05, 0) is 0 Å². The van der Waals surface area contributed by atoms with Crippen molar-refractivity contribution >= 4 is 0 Å². The molecule has 0 aromatic rings. The van der Waals surface area contributed by atoms with E-state index in [1.54, 1.807) is 0 Å². The van der Waals surface area contributed by atoms with Gasteiger partial charge in [0.2, 0.25) is 0 Å². The van der Waals surface area contributed by atoms with Crippen LogP contribution in [0.3, 0.4) is 0 Å². The summed E-state index contributed by atoms with van der Waals surface area (Å²) in [5.41, 5.74) is 0. The number of hydrogen-bond donors (Lipinski definition) is 0. The monoisotopic (exact) mass is 227 g/mol. The van der Waals surface area contributed by atoms with Gasteiger partial charge in [-0.25, -0.2) is 0 Å². The smallest absolute Gasteiger partial charge is 0.356 e. The summed E-state index contributed by atoms with van der Waals surface area (Å²) in [4.78, 5) is 8.25. The first-order valence-corrected chi connectivity index (χ1v) is 0.548. The first-order chi connectivity index (χ1) is 1.73. The Morgan fingerprint density at radius 3 is 1.40 bits per heavy atom. The molecule has 0 unspecified atom stereocenters. The van der Waals surface area contributed by atoms with Gasteiger partial charge in [0.15, 0.2) is 0 Å². The van der Waals surface area contributed by atoms with Crippen LogP contribution in [-0.4, -0.2) is 5.09 Å². The van der Waals surface area contributed by atoms with Crippen molar-refractivity contribution in [3.63, 3.8) is 0 Å². The maximum absolute atomic E-state index is 8.25. The Hall–Kier alpha value is 0.460. The Labute approximate surface area is 57.9 Å². The molecule has 0 aliphatic heterocycles. The van der Waals surface area contributed by atoms with Gasteiger partial charge in [-0.15, -0.1) is 0 Å². The summed E-state index contributed by atoms with van der Waals surface area (Å²) < 4.78 is 0. The zero-order valence-corrected chi connectivity index (χ0v) is 3.91. The van der Waals surface area contributed by atoms with Gasteiger partial charge in [0.1, 0.15) is 0 Å². The van der Waals surface area contributed by atoms with E-state index in [4.69, 9.17) is 15.3 Å². The minimum atomic E-state index is -1.75. The number of nitrogens with zero attached hydrogens (tertiary/aromatic N) is 1. The van der Waals surface area contributed by atoms with Gasteiger partial charge in [0.05, 0.1) is 5.09 Å². The van der Waals surface area contributed by atoms with Crippen molar-refractivity contribution in [1.82, 2.24) is 0 Å². The molecule has 0 bridgehead atoms. The van der Waals surface area contributed by atoms with E-state index >= 15 is 0 Å². The maximum Gasteiger partial charge on any atom is 3.00 e. The van der Waals surface area contributed by atoms with Crippen LogP contribution in [0.1, 0.15) is 0 Å². The van der Waals surface area contributed by atoms with E-state index < -0.39 is 5.09 Å². The molecule has 0 radical (unpaired) electrons. The Balaban J connectivity index is 0. The molecule has 0 aromatic heterocycles. The van der Waals surface area contributed by atoms with Gasteiger partial charge < -0.3 is 15.3 Å². The molecule has 0 saturated heterocycles. The second-order valence-corrected chi connectivity index (χ2v) is 0.224. The predicted octanol–water partition coefficient (Wildman–Crippen LogP) is -0.239. The van der Waals surface area contributed by atoms with E-state index in [1.807, 2.05) is 0 Å². The third-order valence-corrected chi connectivity index (χ3v) is 0. The molecule has 0 saturated carbocycles. The Bertz CT molecular complexity index is 29.9. The molecule has 0 heterocycles. The second kappa shape index (κ2) is 4.46. The third-order valence-electron chi connectivity index (χ3n) is 0. The quantitative estimate of drug-likeness (QED) is 0.326. The van der Waals surface area contributed by atoms with E-state index in [9.17, 15) is 0 Å². The van der Waals surface area contributed by atoms with Crippen molar-refractivity contribution in [3.05, 3.63) is 15.3 Å². The Morgan fingerprint density at radius 2 is 1.40 bits per heavy atom. The van der Waals surface area contributed by atoms with E-state index in [2.05, 4.69) is 0 Å². The van der Waals surface area contributed by atoms with Gasteiger partial charge in [-0.3, -0.25) is 0 Å². The summed E-state index contributed by atoms with van der Waals surface area (Å²) in [6.07, 6.45) is 0. The molecule has 0 N–H and O–H groups in total. The van der Waals surface area contributed by atoms with Crippen molar-refractivity contribution in [2.24, 2.45) is 0 Å². The van der Waals surface area contributed by atoms with Gasteiger partial charge in [0, 0.05) is 0 Å². The molecular formula is HoNO3+2. The topological polar surface area (TPSA) is 66.2 Å². The van der Waals surface area contributed by atoms with Crippen LogP contribution in [0.15, 0.2) is 0 Å². The summed E-state index contributed by atoms with van der Waals surface area (Å²) in [5.74, 6) is 0. The fourth-order valence-corrected chi connectivity index (χ4v) is 0. The van der Waals surface area contributed by atoms with Crippen molar-refractivity contribution in [3.8, 4) is 0 Å². The zero-order valence-electron chi connectivity index (χ0n) is 1.97. The van der Waals surface area contributed by atoms with Crippen LogP contribution >= 0.6 is 0 Å². The van der Waals surface area contributed by atoms with Crippen molar-refractivity contribution < 1.29 is 42.8 Å².